The Morgan fingerprint density at radius 2 is 1.69 bits per heavy atom. The first-order chi connectivity index (χ1) is 12.8. The molecule has 134 valence electrons. The fraction of sp³-hybridized carbons (Fsp3) is 0.421. The average Bonchev–Trinajstić information content (AvgIpc) is 3.15. The molecule has 6 nitrogen and oxygen atoms in total. The van der Waals surface area contributed by atoms with Gasteiger partial charge in [0.25, 0.3) is 5.78 Å². The molecule has 1 fully saturated rings. The standard InChI is InChI=1S/C19H21FN6/c20-15-6-2-4-8-17(15)24-9-11-25(12-10-24)18-14-5-1-3-7-16(14)23-19-21-13-22-26(18)19/h2,4,6,8,13H,1,3,5,7,9-12H2. The number of benzene rings is 1. The fourth-order valence-corrected chi connectivity index (χ4v) is 4.16. The van der Waals surface area contributed by atoms with E-state index in [2.05, 4.69) is 19.9 Å². The van der Waals surface area contributed by atoms with Gasteiger partial charge in [0.1, 0.15) is 18.0 Å². The molecule has 3 heterocycles. The fourth-order valence-electron chi connectivity index (χ4n) is 4.16. The van der Waals surface area contributed by atoms with Crippen molar-refractivity contribution in [1.82, 2.24) is 19.6 Å². The second-order valence-electron chi connectivity index (χ2n) is 6.97. The minimum Gasteiger partial charge on any atom is -0.366 e. The summed E-state index contributed by atoms with van der Waals surface area (Å²) in [5.74, 6) is 1.66. The molecule has 26 heavy (non-hydrogen) atoms. The van der Waals surface area contributed by atoms with E-state index in [1.807, 2.05) is 16.6 Å². The first-order valence-electron chi connectivity index (χ1n) is 9.27. The van der Waals surface area contributed by atoms with Crippen molar-refractivity contribution < 1.29 is 4.39 Å². The molecule has 2 aromatic heterocycles. The number of aromatic nitrogens is 4. The molecule has 1 aliphatic carbocycles. The van der Waals surface area contributed by atoms with Crippen molar-refractivity contribution in [3.8, 4) is 0 Å². The SMILES string of the molecule is Fc1ccccc1N1CCN(c2c3c(nc4ncnn24)CCCC3)CC1. The Bertz CT molecular complexity index is 944. The summed E-state index contributed by atoms with van der Waals surface area (Å²) >= 11 is 0. The quantitative estimate of drug-likeness (QED) is 0.709. The topological polar surface area (TPSA) is 49.6 Å². The summed E-state index contributed by atoms with van der Waals surface area (Å²) in [5.41, 5.74) is 3.17. The van der Waals surface area contributed by atoms with Crippen molar-refractivity contribution in [3.05, 3.63) is 47.7 Å². The number of nitrogens with zero attached hydrogens (tertiary/aromatic N) is 6. The van der Waals surface area contributed by atoms with Gasteiger partial charge in [-0.1, -0.05) is 12.1 Å². The molecule has 0 atom stereocenters. The van der Waals surface area contributed by atoms with Crippen LogP contribution in [0.4, 0.5) is 15.9 Å². The summed E-state index contributed by atoms with van der Waals surface area (Å²) in [6.07, 6.45) is 6.01. The van der Waals surface area contributed by atoms with Crippen molar-refractivity contribution in [3.63, 3.8) is 0 Å². The van der Waals surface area contributed by atoms with Gasteiger partial charge in [0.2, 0.25) is 0 Å². The molecule has 1 aliphatic heterocycles. The van der Waals surface area contributed by atoms with Gasteiger partial charge in [0, 0.05) is 31.7 Å². The number of anilines is 2. The Hall–Kier alpha value is -2.70. The molecule has 0 N–H and O–H groups in total. The van der Waals surface area contributed by atoms with Crippen molar-refractivity contribution >= 4 is 17.3 Å². The Labute approximate surface area is 151 Å². The van der Waals surface area contributed by atoms with Crippen LogP contribution < -0.4 is 9.80 Å². The number of piperazine rings is 1. The van der Waals surface area contributed by atoms with Crippen molar-refractivity contribution in [1.29, 1.82) is 0 Å². The van der Waals surface area contributed by atoms with Crippen LogP contribution in [0.15, 0.2) is 30.6 Å². The monoisotopic (exact) mass is 352 g/mol. The van der Waals surface area contributed by atoms with Crippen LogP contribution in [0.1, 0.15) is 24.1 Å². The molecule has 0 unspecified atom stereocenters. The molecule has 5 rings (SSSR count). The zero-order valence-corrected chi connectivity index (χ0v) is 14.6. The first-order valence-corrected chi connectivity index (χ1v) is 9.27. The van der Waals surface area contributed by atoms with Crippen LogP contribution in [-0.4, -0.2) is 45.8 Å². The maximum atomic E-state index is 14.1. The van der Waals surface area contributed by atoms with Crippen LogP contribution in [0.5, 0.6) is 0 Å². The van der Waals surface area contributed by atoms with Crippen LogP contribution in [-0.2, 0) is 12.8 Å². The minimum atomic E-state index is -0.152. The maximum absolute atomic E-state index is 14.1. The lowest BCUT2D eigenvalue weighted by atomic mass is 9.96. The van der Waals surface area contributed by atoms with Gasteiger partial charge in [0.05, 0.1) is 11.4 Å². The van der Waals surface area contributed by atoms with Crippen LogP contribution in [0.2, 0.25) is 0 Å². The lowest BCUT2D eigenvalue weighted by Gasteiger charge is -2.38. The van der Waals surface area contributed by atoms with Gasteiger partial charge in [-0.2, -0.15) is 14.6 Å². The third kappa shape index (κ3) is 2.50. The molecule has 7 heteroatoms. The van der Waals surface area contributed by atoms with E-state index in [-0.39, 0.29) is 5.82 Å². The highest BCUT2D eigenvalue weighted by molar-refractivity contribution is 5.57. The van der Waals surface area contributed by atoms with Gasteiger partial charge < -0.3 is 9.80 Å². The summed E-state index contributed by atoms with van der Waals surface area (Å²) in [4.78, 5) is 13.5. The number of hydrogen-bond acceptors (Lipinski definition) is 5. The molecule has 1 aromatic carbocycles. The van der Waals surface area contributed by atoms with Crippen molar-refractivity contribution in [2.75, 3.05) is 36.0 Å². The van der Waals surface area contributed by atoms with Gasteiger partial charge in [-0.3, -0.25) is 0 Å². The van der Waals surface area contributed by atoms with Gasteiger partial charge in [-0.15, -0.1) is 0 Å². The summed E-state index contributed by atoms with van der Waals surface area (Å²) in [6, 6.07) is 7.01. The van der Waals surface area contributed by atoms with E-state index in [0.717, 1.165) is 44.8 Å². The number of fused-ring (bicyclic) bond motifs is 2. The molecular formula is C19H21FN6. The van der Waals surface area contributed by atoms with Gasteiger partial charge in [0.15, 0.2) is 0 Å². The summed E-state index contributed by atoms with van der Waals surface area (Å²) in [7, 11) is 0. The summed E-state index contributed by atoms with van der Waals surface area (Å²) in [6.45, 7) is 3.24. The van der Waals surface area contributed by atoms with Crippen LogP contribution in [0.3, 0.4) is 0 Å². The highest BCUT2D eigenvalue weighted by atomic mass is 19.1. The van der Waals surface area contributed by atoms with Crippen molar-refractivity contribution in [2.24, 2.45) is 0 Å². The molecule has 0 bridgehead atoms. The van der Waals surface area contributed by atoms with E-state index in [1.165, 1.54) is 30.2 Å². The highest BCUT2D eigenvalue weighted by Gasteiger charge is 2.27. The van der Waals surface area contributed by atoms with E-state index in [0.29, 0.717) is 11.5 Å². The predicted octanol–water partition coefficient (Wildman–Crippen LogP) is 2.47. The smallest absolute Gasteiger partial charge is 0.254 e. The number of aryl methyl sites for hydroxylation is 1. The Morgan fingerprint density at radius 1 is 0.923 bits per heavy atom. The zero-order chi connectivity index (χ0) is 17.5. The molecule has 2 aliphatic rings. The number of rotatable bonds is 2. The number of halogens is 1. The highest BCUT2D eigenvalue weighted by Crippen LogP contribution is 2.31. The molecular weight excluding hydrogens is 331 g/mol. The summed E-state index contributed by atoms with van der Waals surface area (Å²) < 4.78 is 16.0. The van der Waals surface area contributed by atoms with E-state index in [1.54, 1.807) is 12.4 Å². The average molecular weight is 352 g/mol. The largest absolute Gasteiger partial charge is 0.366 e. The third-order valence-electron chi connectivity index (χ3n) is 5.45. The van der Waals surface area contributed by atoms with E-state index >= 15 is 0 Å². The van der Waals surface area contributed by atoms with Crippen LogP contribution in [0, 0.1) is 5.82 Å². The molecule has 0 spiro atoms. The molecule has 3 aromatic rings. The van der Waals surface area contributed by atoms with E-state index in [9.17, 15) is 4.39 Å². The number of para-hydroxylation sites is 1. The van der Waals surface area contributed by atoms with Crippen LogP contribution in [0.25, 0.3) is 5.78 Å². The second kappa shape index (κ2) is 6.23. The van der Waals surface area contributed by atoms with Crippen molar-refractivity contribution in [2.45, 2.75) is 25.7 Å². The van der Waals surface area contributed by atoms with Crippen LogP contribution >= 0.6 is 0 Å². The Morgan fingerprint density at radius 3 is 2.54 bits per heavy atom. The molecule has 0 amide bonds. The Balaban J connectivity index is 1.47. The normalized spacial score (nSPS) is 17.6. The number of hydrogen-bond donors (Lipinski definition) is 0. The van der Waals surface area contributed by atoms with Gasteiger partial charge in [-0.05, 0) is 37.8 Å². The Kier molecular flexibility index (Phi) is 3.72. The van der Waals surface area contributed by atoms with E-state index in [4.69, 9.17) is 4.98 Å². The molecule has 0 radical (unpaired) electrons. The maximum Gasteiger partial charge on any atom is 0.254 e. The lowest BCUT2D eigenvalue weighted by molar-refractivity contribution is 0.588. The zero-order valence-electron chi connectivity index (χ0n) is 14.6. The molecule has 1 saturated heterocycles. The summed E-state index contributed by atoms with van der Waals surface area (Å²) in [5, 5.41) is 4.42. The minimum absolute atomic E-state index is 0.152. The third-order valence-corrected chi connectivity index (χ3v) is 5.45. The van der Waals surface area contributed by atoms with Gasteiger partial charge >= 0.3 is 0 Å². The van der Waals surface area contributed by atoms with E-state index < -0.39 is 0 Å². The second-order valence-corrected chi connectivity index (χ2v) is 6.97. The first kappa shape index (κ1) is 15.5. The molecule has 0 saturated carbocycles. The lowest BCUT2D eigenvalue weighted by Crippen LogP contribution is -2.48. The van der Waals surface area contributed by atoms with Gasteiger partial charge in [-0.25, -0.2) is 9.37 Å². The predicted molar refractivity (Wildman–Crippen MR) is 98.3 cm³/mol.